The van der Waals surface area contributed by atoms with Crippen LogP contribution >= 0.6 is 0 Å². The highest BCUT2D eigenvalue weighted by atomic mass is 35.5. The Labute approximate surface area is 146 Å². The van der Waals surface area contributed by atoms with E-state index in [1.165, 1.54) is 0 Å². The van der Waals surface area contributed by atoms with Gasteiger partial charge in [0, 0.05) is 10.9 Å². The van der Waals surface area contributed by atoms with Crippen LogP contribution < -0.4 is 17.7 Å². The lowest BCUT2D eigenvalue weighted by Gasteiger charge is -2.10. The van der Waals surface area contributed by atoms with Crippen LogP contribution in [0.5, 0.6) is 0 Å². The topological polar surface area (TPSA) is 51.0 Å². The quantitative estimate of drug-likeness (QED) is 0.614. The van der Waals surface area contributed by atoms with Crippen LogP contribution in [0.25, 0.3) is 22.3 Å². The van der Waals surface area contributed by atoms with Crippen LogP contribution in [0.2, 0.25) is 0 Å². The molecule has 0 aliphatic carbocycles. The Morgan fingerprint density at radius 1 is 0.833 bits per heavy atom. The fourth-order valence-corrected chi connectivity index (χ4v) is 2.51. The van der Waals surface area contributed by atoms with Gasteiger partial charge < -0.3 is 22.1 Å². The predicted octanol–water partition coefficient (Wildman–Crippen LogP) is 1.51. The summed E-state index contributed by atoms with van der Waals surface area (Å²) in [7, 11) is 0. The molecule has 0 saturated carbocycles. The molecule has 2 aromatic carbocycles. The van der Waals surface area contributed by atoms with Crippen molar-refractivity contribution < 1.29 is 16.8 Å². The molecular formula is C19H15ClN3O-. The van der Waals surface area contributed by atoms with Gasteiger partial charge in [0.05, 0.1) is 18.3 Å². The first-order valence-electron chi connectivity index (χ1n) is 7.48. The van der Waals surface area contributed by atoms with E-state index in [9.17, 15) is 0 Å². The fraction of sp³-hybridized carbons (Fsp3) is 0.0526. The summed E-state index contributed by atoms with van der Waals surface area (Å²) in [6, 6.07) is 21.8. The minimum atomic E-state index is 0. The van der Waals surface area contributed by atoms with Crippen molar-refractivity contribution in [1.82, 2.24) is 9.97 Å². The van der Waals surface area contributed by atoms with Gasteiger partial charge in [0.1, 0.15) is 11.6 Å². The number of halogens is 1. The maximum Gasteiger partial charge on any atom is 0.162 e. The number of aromatic nitrogens is 2. The summed E-state index contributed by atoms with van der Waals surface area (Å²) in [6.07, 6.45) is 1.67. The second kappa shape index (κ2) is 7.15. The molecule has 5 heteroatoms. The molecule has 0 radical (unpaired) electrons. The predicted molar refractivity (Wildman–Crippen MR) is 91.0 cm³/mol. The minimum absolute atomic E-state index is 0. The van der Waals surface area contributed by atoms with Gasteiger partial charge >= 0.3 is 0 Å². The first-order chi connectivity index (χ1) is 11.4. The van der Waals surface area contributed by atoms with E-state index >= 15 is 0 Å². The van der Waals surface area contributed by atoms with E-state index in [4.69, 9.17) is 9.40 Å². The van der Waals surface area contributed by atoms with Crippen molar-refractivity contribution >= 4 is 16.7 Å². The highest BCUT2D eigenvalue weighted by molar-refractivity contribution is 5.90. The number of rotatable bonds is 4. The minimum Gasteiger partial charge on any atom is -1.00 e. The Morgan fingerprint density at radius 3 is 2.42 bits per heavy atom. The van der Waals surface area contributed by atoms with Gasteiger partial charge in [0.15, 0.2) is 5.82 Å². The van der Waals surface area contributed by atoms with Gasteiger partial charge in [-0.25, -0.2) is 9.97 Å². The number of hydrogen-bond acceptors (Lipinski definition) is 4. The maximum absolute atomic E-state index is 5.38. The zero-order valence-corrected chi connectivity index (χ0v) is 13.6. The third-order valence-corrected chi connectivity index (χ3v) is 3.65. The lowest BCUT2D eigenvalue weighted by Crippen LogP contribution is -3.00. The third kappa shape index (κ3) is 3.24. The second-order valence-electron chi connectivity index (χ2n) is 5.21. The number of benzene rings is 2. The SMILES string of the molecule is [Cl-].c1ccc(-c2nc(NCc3ccco3)c3ccccc3n2)cc1. The Balaban J connectivity index is 0.00000169. The van der Waals surface area contributed by atoms with Crippen molar-refractivity contribution in [2.45, 2.75) is 6.54 Å². The van der Waals surface area contributed by atoms with E-state index in [1.807, 2.05) is 66.7 Å². The van der Waals surface area contributed by atoms with Crippen LogP contribution in [0.4, 0.5) is 5.82 Å². The molecule has 4 aromatic rings. The molecular weight excluding hydrogens is 322 g/mol. The number of anilines is 1. The molecule has 0 unspecified atom stereocenters. The molecule has 0 aliphatic rings. The zero-order valence-electron chi connectivity index (χ0n) is 12.8. The molecule has 0 spiro atoms. The molecule has 2 aromatic heterocycles. The number of para-hydroxylation sites is 1. The lowest BCUT2D eigenvalue weighted by atomic mass is 10.2. The third-order valence-electron chi connectivity index (χ3n) is 3.65. The van der Waals surface area contributed by atoms with Crippen molar-refractivity contribution in [3.05, 3.63) is 78.8 Å². The number of nitrogens with zero attached hydrogens (tertiary/aromatic N) is 2. The van der Waals surface area contributed by atoms with E-state index in [0.29, 0.717) is 12.4 Å². The standard InChI is InChI=1S/C19H15N3O.ClH/c1-2-7-14(8-3-1)18-21-17-11-5-4-10-16(17)19(22-18)20-13-15-9-6-12-23-15;/h1-12H,13H2,(H,20,21,22);1H/p-1. The second-order valence-corrected chi connectivity index (χ2v) is 5.21. The van der Waals surface area contributed by atoms with Crippen LogP contribution in [-0.2, 0) is 6.54 Å². The van der Waals surface area contributed by atoms with Crippen molar-refractivity contribution in [2.24, 2.45) is 0 Å². The fourth-order valence-electron chi connectivity index (χ4n) is 2.51. The van der Waals surface area contributed by atoms with E-state index in [1.54, 1.807) is 6.26 Å². The van der Waals surface area contributed by atoms with Gasteiger partial charge in [-0.05, 0) is 24.3 Å². The van der Waals surface area contributed by atoms with Gasteiger partial charge in [-0.2, -0.15) is 0 Å². The Bertz CT molecular complexity index is 924. The molecule has 0 aliphatic heterocycles. The highest BCUT2D eigenvalue weighted by Gasteiger charge is 2.09. The van der Waals surface area contributed by atoms with E-state index in [2.05, 4.69) is 10.3 Å². The van der Waals surface area contributed by atoms with E-state index in [0.717, 1.165) is 28.0 Å². The molecule has 0 amide bonds. The summed E-state index contributed by atoms with van der Waals surface area (Å²) in [5, 5.41) is 4.35. The Hall–Kier alpha value is -2.85. The number of nitrogens with one attached hydrogen (secondary N) is 1. The molecule has 24 heavy (non-hydrogen) atoms. The van der Waals surface area contributed by atoms with Gasteiger partial charge in [-0.15, -0.1) is 0 Å². The van der Waals surface area contributed by atoms with Gasteiger partial charge in [0.25, 0.3) is 0 Å². The molecule has 1 N–H and O–H groups in total. The molecule has 0 bridgehead atoms. The van der Waals surface area contributed by atoms with Crippen LogP contribution in [0.1, 0.15) is 5.76 Å². The summed E-state index contributed by atoms with van der Waals surface area (Å²) in [6.45, 7) is 0.586. The lowest BCUT2D eigenvalue weighted by molar-refractivity contribution is -0.00000513. The van der Waals surface area contributed by atoms with Crippen LogP contribution in [0.3, 0.4) is 0 Å². The number of furan rings is 1. The molecule has 2 heterocycles. The van der Waals surface area contributed by atoms with Crippen LogP contribution in [0, 0.1) is 0 Å². The van der Waals surface area contributed by atoms with Crippen molar-refractivity contribution in [3.8, 4) is 11.4 Å². The summed E-state index contributed by atoms with van der Waals surface area (Å²) >= 11 is 0. The van der Waals surface area contributed by atoms with Crippen molar-refractivity contribution in [1.29, 1.82) is 0 Å². The summed E-state index contributed by atoms with van der Waals surface area (Å²) in [5.41, 5.74) is 1.92. The van der Waals surface area contributed by atoms with Gasteiger partial charge in [0.2, 0.25) is 0 Å². The van der Waals surface area contributed by atoms with E-state index in [-0.39, 0.29) is 12.4 Å². The zero-order chi connectivity index (χ0) is 15.5. The molecule has 4 rings (SSSR count). The molecule has 120 valence electrons. The number of fused-ring (bicyclic) bond motifs is 1. The highest BCUT2D eigenvalue weighted by Crippen LogP contribution is 2.25. The van der Waals surface area contributed by atoms with Crippen molar-refractivity contribution in [2.75, 3.05) is 5.32 Å². The van der Waals surface area contributed by atoms with Crippen molar-refractivity contribution in [3.63, 3.8) is 0 Å². The molecule has 0 fully saturated rings. The maximum atomic E-state index is 5.38. The first-order valence-corrected chi connectivity index (χ1v) is 7.48. The monoisotopic (exact) mass is 336 g/mol. The molecule has 0 saturated heterocycles. The first kappa shape index (κ1) is 16.0. The largest absolute Gasteiger partial charge is 1.00 e. The van der Waals surface area contributed by atoms with Crippen LogP contribution in [-0.4, -0.2) is 9.97 Å². The Kier molecular flexibility index (Phi) is 4.77. The smallest absolute Gasteiger partial charge is 0.162 e. The average molecular weight is 337 g/mol. The average Bonchev–Trinajstić information content (AvgIpc) is 3.14. The summed E-state index contributed by atoms with van der Waals surface area (Å²) in [4.78, 5) is 9.38. The summed E-state index contributed by atoms with van der Waals surface area (Å²) in [5.74, 6) is 2.39. The normalized spacial score (nSPS) is 10.3. The van der Waals surface area contributed by atoms with Crippen LogP contribution in [0.15, 0.2) is 77.4 Å². The summed E-state index contributed by atoms with van der Waals surface area (Å²) < 4.78 is 5.38. The van der Waals surface area contributed by atoms with E-state index < -0.39 is 0 Å². The number of hydrogen-bond donors (Lipinski definition) is 1. The molecule has 0 atom stereocenters. The van der Waals surface area contributed by atoms with Gasteiger partial charge in [-0.1, -0.05) is 42.5 Å². The Morgan fingerprint density at radius 2 is 1.62 bits per heavy atom. The van der Waals surface area contributed by atoms with Gasteiger partial charge in [-0.3, -0.25) is 0 Å². The molecule has 4 nitrogen and oxygen atoms in total.